The van der Waals surface area contributed by atoms with Gasteiger partial charge in [0.25, 0.3) is 0 Å². The number of rotatable bonds is 7. The van der Waals surface area contributed by atoms with E-state index in [0.717, 1.165) is 36.7 Å². The molecule has 0 radical (unpaired) electrons. The van der Waals surface area contributed by atoms with Crippen LogP contribution in [0.25, 0.3) is 0 Å². The standard InChI is InChI=1S/C24H33N5.CH4/c1-5-28(6-2)18-26-22(16-25)29-17-24(4,21-10-8-7-9-11-21)23(27-29)20-14-12-19(3)13-15-20;/h7-15H,5-6,16-18,25H2,1-4H3;1H4. The number of amidine groups is 1. The first-order valence-electron chi connectivity index (χ1n) is 10.5. The molecule has 0 aromatic heterocycles. The lowest BCUT2D eigenvalue weighted by Gasteiger charge is -2.28. The third-order valence-corrected chi connectivity index (χ3v) is 5.77. The lowest BCUT2D eigenvalue weighted by atomic mass is 9.76. The SMILES string of the molecule is C.CCN(CC)CN=C(CN)N1CC(C)(c2ccccc2)C(c2ccc(C)cc2)=N1. The Balaban J connectivity index is 0.00000320. The number of aliphatic imine (C=N–C) groups is 1. The fourth-order valence-corrected chi connectivity index (χ4v) is 3.77. The summed E-state index contributed by atoms with van der Waals surface area (Å²) in [6.07, 6.45) is 0. The molecule has 1 aliphatic heterocycles. The zero-order valence-corrected chi connectivity index (χ0v) is 18.1. The summed E-state index contributed by atoms with van der Waals surface area (Å²) in [6.45, 7) is 12.4. The molecular weight excluding hydrogens is 370 g/mol. The van der Waals surface area contributed by atoms with E-state index in [4.69, 9.17) is 15.8 Å². The molecule has 2 aromatic rings. The molecule has 1 atom stereocenters. The number of nitrogens with zero attached hydrogens (tertiary/aromatic N) is 4. The van der Waals surface area contributed by atoms with E-state index >= 15 is 0 Å². The summed E-state index contributed by atoms with van der Waals surface area (Å²) in [5.74, 6) is 0.834. The smallest absolute Gasteiger partial charge is 0.135 e. The van der Waals surface area contributed by atoms with Crippen molar-refractivity contribution in [1.82, 2.24) is 9.91 Å². The Morgan fingerprint density at radius 2 is 1.73 bits per heavy atom. The topological polar surface area (TPSA) is 57.2 Å². The van der Waals surface area contributed by atoms with Gasteiger partial charge in [0.05, 0.1) is 30.9 Å². The van der Waals surface area contributed by atoms with Crippen molar-refractivity contribution in [3.8, 4) is 0 Å². The Morgan fingerprint density at radius 3 is 2.30 bits per heavy atom. The molecule has 0 aliphatic carbocycles. The molecule has 5 nitrogen and oxygen atoms in total. The van der Waals surface area contributed by atoms with Crippen molar-refractivity contribution in [1.29, 1.82) is 0 Å². The minimum Gasteiger partial charge on any atom is -0.324 e. The lowest BCUT2D eigenvalue weighted by Crippen LogP contribution is -2.40. The first-order valence-corrected chi connectivity index (χ1v) is 10.5. The van der Waals surface area contributed by atoms with Crippen LogP contribution >= 0.6 is 0 Å². The average Bonchev–Trinajstić information content (AvgIpc) is 3.11. The largest absolute Gasteiger partial charge is 0.324 e. The zero-order chi connectivity index (χ0) is 20.9. The molecule has 2 aromatic carbocycles. The summed E-state index contributed by atoms with van der Waals surface area (Å²) in [7, 11) is 0. The molecule has 0 saturated carbocycles. The number of aryl methyl sites for hydroxylation is 1. The highest BCUT2D eigenvalue weighted by molar-refractivity contribution is 6.10. The summed E-state index contributed by atoms with van der Waals surface area (Å²) < 4.78 is 0. The van der Waals surface area contributed by atoms with Gasteiger partial charge in [0, 0.05) is 0 Å². The van der Waals surface area contributed by atoms with Gasteiger partial charge in [0.1, 0.15) is 5.84 Å². The number of hydrazone groups is 1. The second-order valence-corrected chi connectivity index (χ2v) is 7.79. The highest BCUT2D eigenvalue weighted by atomic mass is 15.5. The van der Waals surface area contributed by atoms with Crippen molar-refractivity contribution in [2.45, 2.75) is 40.5 Å². The third kappa shape index (κ3) is 4.97. The molecule has 162 valence electrons. The molecule has 1 aliphatic rings. The van der Waals surface area contributed by atoms with E-state index in [1.54, 1.807) is 0 Å². The quantitative estimate of drug-likeness (QED) is 0.551. The second-order valence-electron chi connectivity index (χ2n) is 7.79. The van der Waals surface area contributed by atoms with Gasteiger partial charge in [-0.25, -0.2) is 5.01 Å². The first-order chi connectivity index (χ1) is 14.0. The Kier molecular flexibility index (Phi) is 8.33. The van der Waals surface area contributed by atoms with E-state index in [1.807, 2.05) is 5.01 Å². The highest BCUT2D eigenvalue weighted by Gasteiger charge is 2.41. The van der Waals surface area contributed by atoms with Gasteiger partial charge in [-0.2, -0.15) is 5.10 Å². The van der Waals surface area contributed by atoms with Gasteiger partial charge in [-0.1, -0.05) is 81.4 Å². The molecule has 30 heavy (non-hydrogen) atoms. The molecule has 1 unspecified atom stereocenters. The second kappa shape index (κ2) is 10.5. The van der Waals surface area contributed by atoms with Crippen LogP contribution in [0.5, 0.6) is 0 Å². The minimum absolute atomic E-state index is 0. The predicted molar refractivity (Wildman–Crippen MR) is 129 cm³/mol. The van der Waals surface area contributed by atoms with Gasteiger partial charge in [0.15, 0.2) is 0 Å². The molecule has 0 bridgehead atoms. The molecule has 2 N–H and O–H groups in total. The van der Waals surface area contributed by atoms with Crippen LogP contribution in [0.3, 0.4) is 0 Å². The van der Waals surface area contributed by atoms with Crippen molar-refractivity contribution in [3.05, 3.63) is 71.3 Å². The normalized spacial score (nSPS) is 19.1. The molecule has 1 heterocycles. The maximum absolute atomic E-state index is 6.09. The molecule has 3 rings (SSSR count). The first kappa shape index (κ1) is 23.8. The number of hydrogen-bond donors (Lipinski definition) is 1. The van der Waals surface area contributed by atoms with Gasteiger partial charge in [-0.15, -0.1) is 0 Å². The monoisotopic (exact) mass is 407 g/mol. The van der Waals surface area contributed by atoms with E-state index in [1.165, 1.54) is 11.1 Å². The summed E-state index contributed by atoms with van der Waals surface area (Å²) in [6, 6.07) is 19.2. The van der Waals surface area contributed by atoms with Crippen molar-refractivity contribution in [3.63, 3.8) is 0 Å². The van der Waals surface area contributed by atoms with E-state index in [-0.39, 0.29) is 12.8 Å². The average molecular weight is 408 g/mol. The van der Waals surface area contributed by atoms with Gasteiger partial charge < -0.3 is 5.73 Å². The Labute approximate surface area is 182 Å². The van der Waals surface area contributed by atoms with Gasteiger partial charge >= 0.3 is 0 Å². The molecular formula is C25H37N5. The van der Waals surface area contributed by atoms with Crippen LogP contribution in [-0.4, -0.2) is 54.3 Å². The zero-order valence-electron chi connectivity index (χ0n) is 18.1. The van der Waals surface area contributed by atoms with E-state index < -0.39 is 0 Å². The maximum atomic E-state index is 6.09. The summed E-state index contributed by atoms with van der Waals surface area (Å²) in [5.41, 5.74) is 10.6. The molecule has 0 saturated heterocycles. The summed E-state index contributed by atoms with van der Waals surface area (Å²) in [4.78, 5) is 7.07. The molecule has 0 spiro atoms. The number of hydrogen-bond acceptors (Lipinski definition) is 4. The van der Waals surface area contributed by atoms with Crippen LogP contribution in [0.15, 0.2) is 64.7 Å². The molecule has 5 heteroatoms. The lowest BCUT2D eigenvalue weighted by molar-refractivity contribution is 0.311. The van der Waals surface area contributed by atoms with Crippen molar-refractivity contribution >= 4 is 11.5 Å². The van der Waals surface area contributed by atoms with Crippen LogP contribution in [0, 0.1) is 6.92 Å². The number of benzene rings is 2. The van der Waals surface area contributed by atoms with E-state index in [9.17, 15) is 0 Å². The van der Waals surface area contributed by atoms with Crippen LogP contribution in [0.1, 0.15) is 44.9 Å². The highest BCUT2D eigenvalue weighted by Crippen LogP contribution is 2.35. The Hall–Kier alpha value is -2.50. The minimum atomic E-state index is -0.234. The van der Waals surface area contributed by atoms with Crippen LogP contribution in [0.4, 0.5) is 0 Å². The van der Waals surface area contributed by atoms with Crippen LogP contribution in [-0.2, 0) is 5.41 Å². The van der Waals surface area contributed by atoms with E-state index in [2.05, 4.69) is 87.2 Å². The fourth-order valence-electron chi connectivity index (χ4n) is 3.77. The third-order valence-electron chi connectivity index (χ3n) is 5.77. The van der Waals surface area contributed by atoms with Crippen molar-refractivity contribution in [2.75, 3.05) is 32.8 Å². The van der Waals surface area contributed by atoms with Crippen molar-refractivity contribution in [2.24, 2.45) is 15.8 Å². The Bertz CT molecular complexity index is 853. The molecule has 0 fully saturated rings. The summed E-state index contributed by atoms with van der Waals surface area (Å²) >= 11 is 0. The fraction of sp³-hybridized carbons (Fsp3) is 0.440. The predicted octanol–water partition coefficient (Wildman–Crippen LogP) is 4.27. The molecule has 0 amide bonds. The van der Waals surface area contributed by atoms with Gasteiger partial charge in [0.2, 0.25) is 0 Å². The van der Waals surface area contributed by atoms with Gasteiger partial charge in [-0.3, -0.25) is 9.89 Å². The number of nitrogens with two attached hydrogens (primary N) is 1. The van der Waals surface area contributed by atoms with Crippen molar-refractivity contribution < 1.29 is 0 Å². The van der Waals surface area contributed by atoms with Crippen LogP contribution < -0.4 is 5.73 Å². The van der Waals surface area contributed by atoms with Gasteiger partial charge in [-0.05, 0) is 38.1 Å². The summed E-state index contributed by atoms with van der Waals surface area (Å²) in [5, 5.41) is 7.04. The Morgan fingerprint density at radius 1 is 1.10 bits per heavy atom. The maximum Gasteiger partial charge on any atom is 0.135 e. The van der Waals surface area contributed by atoms with Crippen LogP contribution in [0.2, 0.25) is 0 Å². The van der Waals surface area contributed by atoms with E-state index in [0.29, 0.717) is 13.2 Å².